The zero-order chi connectivity index (χ0) is 11.4. The molecule has 90 valence electrons. The number of nitrogens with two attached hydrogens (primary N) is 1. The van der Waals surface area contributed by atoms with Crippen molar-refractivity contribution in [1.29, 1.82) is 0 Å². The maximum absolute atomic E-state index is 12.2. The van der Waals surface area contributed by atoms with Gasteiger partial charge >= 0.3 is 5.97 Å². The van der Waals surface area contributed by atoms with Crippen molar-refractivity contribution in [2.75, 3.05) is 7.11 Å². The lowest BCUT2D eigenvalue weighted by atomic mass is 10.1. The van der Waals surface area contributed by atoms with Gasteiger partial charge in [0.1, 0.15) is 0 Å². The molecule has 0 saturated carbocycles. The van der Waals surface area contributed by atoms with Crippen molar-refractivity contribution in [3.05, 3.63) is 35.4 Å². The van der Waals surface area contributed by atoms with Gasteiger partial charge in [-0.05, 0) is 17.7 Å². The Labute approximate surface area is 98.0 Å². The highest BCUT2D eigenvalue weighted by Gasteiger charge is 2.17. The molecule has 0 aliphatic heterocycles. The van der Waals surface area contributed by atoms with E-state index in [1.54, 1.807) is 0 Å². The molecule has 0 aliphatic carbocycles. The number of hydrogen-bond donors (Lipinski definition) is 1. The van der Waals surface area contributed by atoms with Crippen LogP contribution >= 0.6 is 12.4 Å². The predicted molar refractivity (Wildman–Crippen MR) is 58.0 cm³/mol. The number of alkyl halides is 2. The van der Waals surface area contributed by atoms with Gasteiger partial charge in [0, 0.05) is 0 Å². The van der Waals surface area contributed by atoms with Crippen LogP contribution in [0.25, 0.3) is 0 Å². The van der Waals surface area contributed by atoms with E-state index in [9.17, 15) is 13.6 Å². The first-order valence-corrected chi connectivity index (χ1v) is 4.28. The normalized spacial score (nSPS) is 11.8. The standard InChI is InChI=1S/C10H11F2NO2.ClH/c1-15-10(14)7-4-2-6(3-5-7)8(13)9(11)12;/h2-5,8-9H,13H2,1H3;1H/t8-;/m1./s1. The Morgan fingerprint density at radius 1 is 1.31 bits per heavy atom. The van der Waals surface area contributed by atoms with Gasteiger partial charge in [-0.15, -0.1) is 12.4 Å². The van der Waals surface area contributed by atoms with Crippen molar-refractivity contribution in [2.45, 2.75) is 12.5 Å². The molecule has 0 amide bonds. The molecule has 16 heavy (non-hydrogen) atoms. The predicted octanol–water partition coefficient (Wildman–Crippen LogP) is 2.16. The third-order valence-electron chi connectivity index (χ3n) is 1.99. The van der Waals surface area contributed by atoms with Gasteiger partial charge in [0.2, 0.25) is 0 Å². The summed E-state index contributed by atoms with van der Waals surface area (Å²) in [4.78, 5) is 11.0. The summed E-state index contributed by atoms with van der Waals surface area (Å²) in [6, 6.07) is 4.27. The number of rotatable bonds is 3. The van der Waals surface area contributed by atoms with E-state index in [4.69, 9.17) is 5.73 Å². The molecule has 0 fully saturated rings. The molecule has 0 spiro atoms. The lowest BCUT2D eigenvalue weighted by Crippen LogP contribution is -2.18. The molecular formula is C10H12ClF2NO2. The van der Waals surface area contributed by atoms with Crippen LogP contribution in [0.15, 0.2) is 24.3 Å². The number of halogens is 3. The maximum atomic E-state index is 12.2. The Kier molecular flexibility index (Phi) is 5.92. The highest BCUT2D eigenvalue weighted by atomic mass is 35.5. The van der Waals surface area contributed by atoms with E-state index >= 15 is 0 Å². The summed E-state index contributed by atoms with van der Waals surface area (Å²) in [7, 11) is 1.25. The first-order chi connectivity index (χ1) is 7.06. The average molecular weight is 252 g/mol. The van der Waals surface area contributed by atoms with E-state index in [-0.39, 0.29) is 18.0 Å². The van der Waals surface area contributed by atoms with E-state index in [0.717, 1.165) is 0 Å². The minimum Gasteiger partial charge on any atom is -0.465 e. The van der Waals surface area contributed by atoms with Gasteiger partial charge in [0.15, 0.2) is 0 Å². The van der Waals surface area contributed by atoms with E-state index in [1.807, 2.05) is 0 Å². The molecule has 3 nitrogen and oxygen atoms in total. The van der Waals surface area contributed by atoms with Crippen molar-refractivity contribution >= 4 is 18.4 Å². The molecule has 0 bridgehead atoms. The van der Waals surface area contributed by atoms with Crippen LogP contribution in [0, 0.1) is 0 Å². The number of methoxy groups -OCH3 is 1. The minimum atomic E-state index is -2.62. The van der Waals surface area contributed by atoms with Crippen molar-refractivity contribution < 1.29 is 18.3 Å². The summed E-state index contributed by atoms with van der Waals surface area (Å²) in [5, 5.41) is 0. The Hall–Kier alpha value is -1.20. The summed E-state index contributed by atoms with van der Waals surface area (Å²) >= 11 is 0. The maximum Gasteiger partial charge on any atom is 0.337 e. The SMILES string of the molecule is COC(=O)c1ccc([C@@H](N)C(F)F)cc1.Cl. The minimum absolute atomic E-state index is 0. The molecule has 2 N–H and O–H groups in total. The van der Waals surface area contributed by atoms with Crippen molar-refractivity contribution in [3.8, 4) is 0 Å². The molecule has 0 saturated heterocycles. The third-order valence-corrected chi connectivity index (χ3v) is 1.99. The van der Waals surface area contributed by atoms with E-state index in [0.29, 0.717) is 5.56 Å². The van der Waals surface area contributed by atoms with Crippen molar-refractivity contribution in [1.82, 2.24) is 0 Å². The molecule has 1 aromatic carbocycles. The van der Waals surface area contributed by atoms with Gasteiger partial charge in [-0.25, -0.2) is 13.6 Å². The van der Waals surface area contributed by atoms with Crippen LogP contribution in [0.5, 0.6) is 0 Å². The van der Waals surface area contributed by atoms with Crippen LogP contribution in [0.1, 0.15) is 22.0 Å². The lowest BCUT2D eigenvalue weighted by molar-refractivity contribution is 0.0600. The molecule has 0 aliphatic rings. The number of esters is 1. The van der Waals surface area contributed by atoms with Crippen molar-refractivity contribution in [3.63, 3.8) is 0 Å². The fourth-order valence-electron chi connectivity index (χ4n) is 1.10. The number of hydrogen-bond acceptors (Lipinski definition) is 3. The van der Waals surface area contributed by atoms with Crippen LogP contribution < -0.4 is 5.73 Å². The zero-order valence-electron chi connectivity index (χ0n) is 8.52. The first-order valence-electron chi connectivity index (χ1n) is 4.28. The lowest BCUT2D eigenvalue weighted by Gasteiger charge is -2.10. The molecule has 1 atom stereocenters. The fraction of sp³-hybridized carbons (Fsp3) is 0.300. The van der Waals surface area contributed by atoms with Crippen molar-refractivity contribution in [2.24, 2.45) is 5.73 Å². The smallest absolute Gasteiger partial charge is 0.337 e. The number of benzene rings is 1. The van der Waals surface area contributed by atoms with Crippen LogP contribution in [0.3, 0.4) is 0 Å². The largest absolute Gasteiger partial charge is 0.465 e. The number of ether oxygens (including phenoxy) is 1. The van der Waals surface area contributed by atoms with Gasteiger partial charge in [-0.1, -0.05) is 12.1 Å². The molecule has 6 heteroatoms. The second-order valence-electron chi connectivity index (χ2n) is 2.97. The monoisotopic (exact) mass is 251 g/mol. The first kappa shape index (κ1) is 14.8. The van der Waals surface area contributed by atoms with E-state index in [2.05, 4.69) is 4.74 Å². The zero-order valence-corrected chi connectivity index (χ0v) is 9.34. The Bertz CT molecular complexity index is 343. The molecule has 1 aromatic rings. The Balaban J connectivity index is 0.00000225. The third kappa shape index (κ3) is 3.43. The molecule has 0 radical (unpaired) electrons. The summed E-state index contributed by atoms with van der Waals surface area (Å²) in [5.41, 5.74) is 5.83. The number of carbonyl (C=O) groups excluding carboxylic acids is 1. The molecule has 0 heterocycles. The number of carbonyl (C=O) groups is 1. The van der Waals surface area contributed by atoms with Gasteiger partial charge in [0.25, 0.3) is 6.43 Å². The molecular weight excluding hydrogens is 240 g/mol. The summed E-state index contributed by atoms with van der Waals surface area (Å²) in [5.74, 6) is -0.507. The molecule has 0 aromatic heterocycles. The van der Waals surface area contributed by atoms with Gasteiger partial charge < -0.3 is 10.5 Å². The Morgan fingerprint density at radius 3 is 2.19 bits per heavy atom. The quantitative estimate of drug-likeness (QED) is 0.838. The summed E-state index contributed by atoms with van der Waals surface area (Å²) in [6.45, 7) is 0. The highest BCUT2D eigenvalue weighted by molar-refractivity contribution is 5.89. The van der Waals surface area contributed by atoms with Gasteiger partial charge in [0.05, 0.1) is 18.7 Å². The van der Waals surface area contributed by atoms with Crippen LogP contribution in [0.2, 0.25) is 0 Å². The second kappa shape index (κ2) is 6.40. The van der Waals surface area contributed by atoms with E-state index in [1.165, 1.54) is 31.4 Å². The molecule has 0 unspecified atom stereocenters. The van der Waals surface area contributed by atoms with Gasteiger partial charge in [-0.2, -0.15) is 0 Å². The summed E-state index contributed by atoms with van der Waals surface area (Å²) in [6.07, 6.45) is -2.62. The Morgan fingerprint density at radius 2 is 1.81 bits per heavy atom. The average Bonchev–Trinajstić information content (AvgIpc) is 2.27. The van der Waals surface area contributed by atoms with Crippen LogP contribution in [-0.4, -0.2) is 19.5 Å². The fourth-order valence-corrected chi connectivity index (χ4v) is 1.10. The topological polar surface area (TPSA) is 52.3 Å². The van der Waals surface area contributed by atoms with E-state index < -0.39 is 18.4 Å². The van der Waals surface area contributed by atoms with Crippen LogP contribution in [-0.2, 0) is 4.74 Å². The van der Waals surface area contributed by atoms with Crippen LogP contribution in [0.4, 0.5) is 8.78 Å². The second-order valence-corrected chi connectivity index (χ2v) is 2.97. The molecule has 1 rings (SSSR count). The highest BCUT2D eigenvalue weighted by Crippen LogP contribution is 2.18. The van der Waals surface area contributed by atoms with Gasteiger partial charge in [-0.3, -0.25) is 0 Å². The summed E-state index contributed by atoms with van der Waals surface area (Å²) < 4.78 is 28.9.